The molecule has 1 N–H and O–H groups in total. The van der Waals surface area contributed by atoms with Gasteiger partial charge in [0.25, 0.3) is 0 Å². The second kappa shape index (κ2) is 7.99. The first-order chi connectivity index (χ1) is 10.6. The van der Waals surface area contributed by atoms with Crippen molar-refractivity contribution in [2.75, 3.05) is 11.9 Å². The van der Waals surface area contributed by atoms with E-state index in [-0.39, 0.29) is 5.91 Å². The molecule has 2 aromatic carbocycles. The molecule has 4 heteroatoms. The summed E-state index contributed by atoms with van der Waals surface area (Å²) in [6.07, 6.45) is 1.12. The van der Waals surface area contributed by atoms with Gasteiger partial charge in [-0.05, 0) is 60.0 Å². The molecule has 3 nitrogen and oxygen atoms in total. The predicted molar refractivity (Wildman–Crippen MR) is 93.4 cm³/mol. The Bertz CT molecular complexity index is 655. The molecule has 0 saturated heterocycles. The van der Waals surface area contributed by atoms with Gasteiger partial charge < -0.3 is 10.1 Å². The van der Waals surface area contributed by atoms with Gasteiger partial charge in [0, 0.05) is 10.9 Å². The normalized spacial score (nSPS) is 10.3. The first-order valence-corrected chi connectivity index (χ1v) is 8.10. The molecule has 1 amide bonds. The molecule has 0 spiro atoms. The van der Waals surface area contributed by atoms with Gasteiger partial charge in [-0.1, -0.05) is 29.8 Å². The van der Waals surface area contributed by atoms with Gasteiger partial charge in [0.2, 0.25) is 5.91 Å². The lowest BCUT2D eigenvalue weighted by atomic mass is 10.1. The first-order valence-electron chi connectivity index (χ1n) is 7.30. The Labute approximate surface area is 139 Å². The summed E-state index contributed by atoms with van der Waals surface area (Å²) in [5.74, 6) is 0.882. The number of aryl methyl sites for hydroxylation is 2. The zero-order valence-electron chi connectivity index (χ0n) is 12.9. The van der Waals surface area contributed by atoms with Crippen LogP contribution in [-0.2, 0) is 4.79 Å². The SMILES string of the molecule is Cc1ccc(OCCCC(=O)Nc2ccccc2Br)c(C)c1. The smallest absolute Gasteiger partial charge is 0.224 e. The van der Waals surface area contributed by atoms with Gasteiger partial charge >= 0.3 is 0 Å². The highest BCUT2D eigenvalue weighted by Crippen LogP contribution is 2.21. The number of amides is 1. The van der Waals surface area contributed by atoms with Crippen molar-refractivity contribution < 1.29 is 9.53 Å². The predicted octanol–water partition coefficient (Wildman–Crippen LogP) is 4.86. The minimum absolute atomic E-state index is 0.00359. The molecule has 0 heterocycles. The van der Waals surface area contributed by atoms with E-state index in [1.165, 1.54) is 5.56 Å². The highest BCUT2D eigenvalue weighted by molar-refractivity contribution is 9.10. The maximum absolute atomic E-state index is 11.9. The van der Waals surface area contributed by atoms with E-state index in [4.69, 9.17) is 4.74 Å². The summed E-state index contributed by atoms with van der Waals surface area (Å²) >= 11 is 3.41. The number of hydrogen-bond donors (Lipinski definition) is 1. The Morgan fingerprint density at radius 2 is 1.95 bits per heavy atom. The molecule has 2 aromatic rings. The molecule has 0 aliphatic rings. The van der Waals surface area contributed by atoms with E-state index in [0.717, 1.165) is 21.5 Å². The number of hydrogen-bond acceptors (Lipinski definition) is 2. The van der Waals surface area contributed by atoms with Crippen LogP contribution in [0.3, 0.4) is 0 Å². The van der Waals surface area contributed by atoms with E-state index in [0.29, 0.717) is 19.4 Å². The van der Waals surface area contributed by atoms with Gasteiger partial charge in [0.1, 0.15) is 5.75 Å². The first kappa shape index (κ1) is 16.6. The lowest BCUT2D eigenvalue weighted by molar-refractivity contribution is -0.116. The van der Waals surface area contributed by atoms with E-state index < -0.39 is 0 Å². The second-order valence-electron chi connectivity index (χ2n) is 5.25. The third-order valence-electron chi connectivity index (χ3n) is 3.28. The third kappa shape index (κ3) is 4.88. The molecular formula is C18H20BrNO2. The fraction of sp³-hybridized carbons (Fsp3) is 0.278. The molecule has 22 heavy (non-hydrogen) atoms. The maximum Gasteiger partial charge on any atom is 0.224 e. The van der Waals surface area contributed by atoms with Crippen molar-refractivity contribution in [2.24, 2.45) is 0 Å². The Morgan fingerprint density at radius 3 is 2.68 bits per heavy atom. The molecule has 0 aliphatic heterocycles. The number of ether oxygens (including phenoxy) is 1. The van der Waals surface area contributed by atoms with Crippen LogP contribution in [0, 0.1) is 13.8 Å². The maximum atomic E-state index is 11.9. The minimum Gasteiger partial charge on any atom is -0.493 e. The topological polar surface area (TPSA) is 38.3 Å². The number of carbonyl (C=O) groups excluding carboxylic acids is 1. The third-order valence-corrected chi connectivity index (χ3v) is 3.98. The molecule has 0 atom stereocenters. The van der Waals surface area contributed by atoms with Crippen LogP contribution >= 0.6 is 15.9 Å². The molecule has 2 rings (SSSR count). The molecule has 0 unspecified atom stereocenters. The summed E-state index contributed by atoms with van der Waals surface area (Å²) < 4.78 is 6.61. The van der Waals surface area contributed by atoms with Gasteiger partial charge in [0.15, 0.2) is 0 Å². The zero-order valence-corrected chi connectivity index (χ0v) is 14.4. The lowest BCUT2D eigenvalue weighted by Gasteiger charge is -2.10. The second-order valence-corrected chi connectivity index (χ2v) is 6.10. The minimum atomic E-state index is -0.00359. The van der Waals surface area contributed by atoms with Gasteiger partial charge in [0.05, 0.1) is 12.3 Å². The van der Waals surface area contributed by atoms with Gasteiger partial charge in [-0.3, -0.25) is 4.79 Å². The summed E-state index contributed by atoms with van der Waals surface area (Å²) in [5.41, 5.74) is 3.14. The summed E-state index contributed by atoms with van der Waals surface area (Å²) in [7, 11) is 0. The molecule has 0 aliphatic carbocycles. The molecule has 0 bridgehead atoms. The van der Waals surface area contributed by atoms with Crippen LogP contribution in [0.5, 0.6) is 5.75 Å². The number of rotatable bonds is 6. The van der Waals surface area contributed by atoms with Crippen LogP contribution in [0.4, 0.5) is 5.69 Å². The molecular weight excluding hydrogens is 342 g/mol. The van der Waals surface area contributed by atoms with Crippen molar-refractivity contribution in [2.45, 2.75) is 26.7 Å². The van der Waals surface area contributed by atoms with E-state index in [2.05, 4.69) is 34.2 Å². The van der Waals surface area contributed by atoms with Crippen molar-refractivity contribution in [1.29, 1.82) is 0 Å². The Kier molecular flexibility index (Phi) is 6.01. The number of benzene rings is 2. The van der Waals surface area contributed by atoms with E-state index in [9.17, 15) is 4.79 Å². The molecule has 0 saturated carbocycles. The summed E-state index contributed by atoms with van der Waals surface area (Å²) in [6.45, 7) is 4.62. The highest BCUT2D eigenvalue weighted by atomic mass is 79.9. The Morgan fingerprint density at radius 1 is 1.18 bits per heavy atom. The fourth-order valence-electron chi connectivity index (χ4n) is 2.15. The van der Waals surface area contributed by atoms with Crippen molar-refractivity contribution in [1.82, 2.24) is 0 Å². The fourth-order valence-corrected chi connectivity index (χ4v) is 2.54. The number of nitrogens with one attached hydrogen (secondary N) is 1. The standard InChI is InChI=1S/C18H20BrNO2/c1-13-9-10-17(14(2)12-13)22-11-5-8-18(21)20-16-7-4-3-6-15(16)19/h3-4,6-7,9-10,12H,5,8,11H2,1-2H3,(H,20,21). The van der Waals surface area contributed by atoms with Crippen LogP contribution in [0.25, 0.3) is 0 Å². The average Bonchev–Trinajstić information content (AvgIpc) is 2.48. The molecule has 0 radical (unpaired) electrons. The van der Waals surface area contributed by atoms with Crippen LogP contribution in [0.1, 0.15) is 24.0 Å². The van der Waals surface area contributed by atoms with E-state index in [1.54, 1.807) is 0 Å². The Balaban J connectivity index is 1.74. The van der Waals surface area contributed by atoms with Crippen LogP contribution in [0.2, 0.25) is 0 Å². The number of carbonyl (C=O) groups is 1. The summed E-state index contributed by atoms with van der Waals surface area (Å²) in [5, 5.41) is 2.89. The van der Waals surface area contributed by atoms with E-state index >= 15 is 0 Å². The van der Waals surface area contributed by atoms with Gasteiger partial charge in [-0.2, -0.15) is 0 Å². The van der Waals surface area contributed by atoms with Crippen molar-refractivity contribution >= 4 is 27.5 Å². The molecule has 0 aromatic heterocycles. The number of halogens is 1. The summed E-state index contributed by atoms with van der Waals surface area (Å²) in [4.78, 5) is 11.9. The van der Waals surface area contributed by atoms with Gasteiger partial charge in [-0.15, -0.1) is 0 Å². The highest BCUT2D eigenvalue weighted by Gasteiger charge is 2.05. The van der Waals surface area contributed by atoms with Gasteiger partial charge in [-0.25, -0.2) is 0 Å². The Hall–Kier alpha value is -1.81. The largest absolute Gasteiger partial charge is 0.493 e. The van der Waals surface area contributed by atoms with E-state index in [1.807, 2.05) is 43.3 Å². The monoisotopic (exact) mass is 361 g/mol. The number of para-hydroxylation sites is 1. The molecule has 116 valence electrons. The average molecular weight is 362 g/mol. The van der Waals surface area contributed by atoms with Crippen molar-refractivity contribution in [3.8, 4) is 5.75 Å². The zero-order chi connectivity index (χ0) is 15.9. The number of anilines is 1. The van der Waals surface area contributed by atoms with Crippen molar-refractivity contribution in [3.05, 3.63) is 58.1 Å². The van der Waals surface area contributed by atoms with Crippen LogP contribution < -0.4 is 10.1 Å². The molecule has 0 fully saturated rings. The summed E-state index contributed by atoms with van der Waals surface area (Å²) in [6, 6.07) is 13.7. The van der Waals surface area contributed by atoms with Crippen LogP contribution in [-0.4, -0.2) is 12.5 Å². The van der Waals surface area contributed by atoms with Crippen LogP contribution in [0.15, 0.2) is 46.9 Å². The van der Waals surface area contributed by atoms with Crippen molar-refractivity contribution in [3.63, 3.8) is 0 Å². The lowest BCUT2D eigenvalue weighted by Crippen LogP contribution is -2.13. The quantitative estimate of drug-likeness (QED) is 0.745.